The molecule has 8 heteroatoms. The molecule has 8 nitrogen and oxygen atoms in total. The first-order valence-corrected chi connectivity index (χ1v) is 9.30. The minimum absolute atomic E-state index is 0.00513. The molecule has 1 heterocycles. The third-order valence-electron chi connectivity index (χ3n) is 4.93. The fourth-order valence-electron chi connectivity index (χ4n) is 3.24. The number of carbonyl (C=O) groups excluding carboxylic acids is 2. The van der Waals surface area contributed by atoms with Gasteiger partial charge in [0.05, 0.1) is 4.92 Å². The summed E-state index contributed by atoms with van der Waals surface area (Å²) in [6.45, 7) is 1.55. The van der Waals surface area contributed by atoms with Gasteiger partial charge in [-0.2, -0.15) is 0 Å². The SMILES string of the molecule is NC(=O)C1CCN(c2ccc(NC(=O)C=Cc3ccc([N+](=O)[O-])cc3)cc2)CC1. The molecule has 3 rings (SSSR count). The van der Waals surface area contributed by atoms with Crippen LogP contribution in [0.4, 0.5) is 17.1 Å². The fourth-order valence-corrected chi connectivity index (χ4v) is 3.24. The molecule has 0 atom stereocenters. The number of nitro groups is 1. The Bertz CT molecular complexity index is 915. The topological polar surface area (TPSA) is 119 Å². The van der Waals surface area contributed by atoms with E-state index >= 15 is 0 Å². The maximum Gasteiger partial charge on any atom is 0.269 e. The summed E-state index contributed by atoms with van der Waals surface area (Å²) in [6, 6.07) is 13.5. The molecule has 0 spiro atoms. The molecule has 3 N–H and O–H groups in total. The number of non-ortho nitro benzene ring substituents is 1. The van der Waals surface area contributed by atoms with Crippen molar-refractivity contribution < 1.29 is 14.5 Å². The molecule has 0 saturated carbocycles. The van der Waals surface area contributed by atoms with E-state index in [4.69, 9.17) is 5.73 Å². The molecule has 1 fully saturated rings. The minimum Gasteiger partial charge on any atom is -0.371 e. The average Bonchev–Trinajstić information content (AvgIpc) is 2.73. The van der Waals surface area contributed by atoms with Gasteiger partial charge in [0.15, 0.2) is 0 Å². The minimum atomic E-state index is -0.468. The van der Waals surface area contributed by atoms with Crippen molar-refractivity contribution in [3.63, 3.8) is 0 Å². The number of benzene rings is 2. The number of nitrogens with one attached hydrogen (secondary N) is 1. The Labute approximate surface area is 168 Å². The summed E-state index contributed by atoms with van der Waals surface area (Å²) in [5, 5.41) is 13.4. The van der Waals surface area contributed by atoms with Gasteiger partial charge in [-0.3, -0.25) is 19.7 Å². The molecule has 0 radical (unpaired) electrons. The molecule has 29 heavy (non-hydrogen) atoms. The molecule has 1 aliphatic heterocycles. The second-order valence-electron chi connectivity index (χ2n) is 6.88. The Morgan fingerprint density at radius 1 is 1.07 bits per heavy atom. The average molecular weight is 394 g/mol. The number of piperidine rings is 1. The van der Waals surface area contributed by atoms with Crippen LogP contribution in [0.25, 0.3) is 6.08 Å². The first kappa shape index (κ1) is 20.1. The van der Waals surface area contributed by atoms with Gasteiger partial charge >= 0.3 is 0 Å². The summed E-state index contributed by atoms with van der Waals surface area (Å²) in [4.78, 5) is 35.7. The first-order valence-electron chi connectivity index (χ1n) is 9.30. The van der Waals surface area contributed by atoms with Gasteiger partial charge in [0, 0.05) is 48.6 Å². The largest absolute Gasteiger partial charge is 0.371 e. The highest BCUT2D eigenvalue weighted by molar-refractivity contribution is 6.02. The maximum atomic E-state index is 12.1. The van der Waals surface area contributed by atoms with Crippen LogP contribution in [0, 0.1) is 16.0 Å². The molecule has 150 valence electrons. The van der Waals surface area contributed by atoms with Crippen LogP contribution in [0.1, 0.15) is 18.4 Å². The summed E-state index contributed by atoms with van der Waals surface area (Å²) >= 11 is 0. The monoisotopic (exact) mass is 394 g/mol. The highest BCUT2D eigenvalue weighted by Crippen LogP contribution is 2.24. The number of nitrogens with zero attached hydrogens (tertiary/aromatic N) is 2. The van der Waals surface area contributed by atoms with Crippen molar-refractivity contribution in [3.8, 4) is 0 Å². The zero-order valence-electron chi connectivity index (χ0n) is 15.8. The van der Waals surface area contributed by atoms with Gasteiger partial charge in [0.25, 0.3) is 5.69 Å². The summed E-state index contributed by atoms with van der Waals surface area (Å²) in [7, 11) is 0. The fraction of sp³-hybridized carbons (Fsp3) is 0.238. The van der Waals surface area contributed by atoms with Crippen molar-refractivity contribution in [1.29, 1.82) is 0 Å². The molecular formula is C21H22N4O4. The summed E-state index contributed by atoms with van der Waals surface area (Å²) in [6.07, 6.45) is 4.47. The predicted octanol–water partition coefficient (Wildman–Crippen LogP) is 2.95. The molecule has 1 aliphatic rings. The Hall–Kier alpha value is -3.68. The Balaban J connectivity index is 1.53. The van der Waals surface area contributed by atoms with Gasteiger partial charge in [-0.15, -0.1) is 0 Å². The van der Waals surface area contributed by atoms with Gasteiger partial charge < -0.3 is 16.0 Å². The number of rotatable bonds is 6. The van der Waals surface area contributed by atoms with E-state index in [1.165, 1.54) is 18.2 Å². The van der Waals surface area contributed by atoms with Crippen LogP contribution in [0.5, 0.6) is 0 Å². The van der Waals surface area contributed by atoms with E-state index in [-0.39, 0.29) is 23.4 Å². The normalized spacial score (nSPS) is 14.7. The van der Waals surface area contributed by atoms with Crippen LogP contribution < -0.4 is 16.0 Å². The Kier molecular flexibility index (Phi) is 6.23. The zero-order valence-corrected chi connectivity index (χ0v) is 15.8. The third-order valence-corrected chi connectivity index (χ3v) is 4.93. The van der Waals surface area contributed by atoms with Gasteiger partial charge in [0.1, 0.15) is 0 Å². The lowest BCUT2D eigenvalue weighted by Gasteiger charge is -2.32. The predicted molar refractivity (Wildman–Crippen MR) is 111 cm³/mol. The summed E-state index contributed by atoms with van der Waals surface area (Å²) in [5.74, 6) is -0.574. The summed E-state index contributed by atoms with van der Waals surface area (Å²) < 4.78 is 0. The molecule has 1 saturated heterocycles. The lowest BCUT2D eigenvalue weighted by molar-refractivity contribution is -0.384. The van der Waals surface area contributed by atoms with Gasteiger partial charge in [-0.25, -0.2) is 0 Å². The van der Waals surface area contributed by atoms with E-state index in [9.17, 15) is 19.7 Å². The zero-order chi connectivity index (χ0) is 20.8. The molecule has 0 unspecified atom stereocenters. The van der Waals surface area contributed by atoms with Crippen LogP contribution in [0.3, 0.4) is 0 Å². The lowest BCUT2D eigenvalue weighted by Crippen LogP contribution is -2.38. The third kappa shape index (κ3) is 5.41. The summed E-state index contributed by atoms with van der Waals surface area (Å²) in [5.41, 5.74) is 7.77. The van der Waals surface area contributed by atoms with Gasteiger partial charge in [-0.1, -0.05) is 0 Å². The molecule has 2 aromatic rings. The van der Waals surface area contributed by atoms with Crippen LogP contribution in [-0.2, 0) is 9.59 Å². The number of hydrogen-bond donors (Lipinski definition) is 2. The van der Waals surface area contributed by atoms with Crippen molar-refractivity contribution in [2.75, 3.05) is 23.3 Å². The molecular weight excluding hydrogens is 372 g/mol. The van der Waals surface area contributed by atoms with Crippen molar-refractivity contribution in [2.24, 2.45) is 11.7 Å². The molecule has 0 bridgehead atoms. The van der Waals surface area contributed by atoms with Crippen LogP contribution in [0.2, 0.25) is 0 Å². The number of carbonyl (C=O) groups is 2. The van der Waals surface area contributed by atoms with Crippen molar-refractivity contribution in [2.45, 2.75) is 12.8 Å². The van der Waals surface area contributed by atoms with Crippen molar-refractivity contribution >= 4 is 35.0 Å². The number of amides is 2. The van der Waals surface area contributed by atoms with Gasteiger partial charge in [-0.05, 0) is 60.9 Å². The van der Waals surface area contributed by atoms with E-state index < -0.39 is 4.92 Å². The smallest absolute Gasteiger partial charge is 0.269 e. The van der Waals surface area contributed by atoms with Crippen LogP contribution >= 0.6 is 0 Å². The van der Waals surface area contributed by atoms with Crippen LogP contribution in [0.15, 0.2) is 54.6 Å². The maximum absolute atomic E-state index is 12.1. The van der Waals surface area contributed by atoms with E-state index in [1.807, 2.05) is 24.3 Å². The molecule has 0 aromatic heterocycles. The standard InChI is InChI=1S/C21H22N4O4/c22-21(27)16-11-13-24(14-12-16)18-8-4-17(5-9-18)23-20(26)10-3-15-1-6-19(7-2-15)25(28)29/h1-10,16H,11-14H2,(H2,22,27)(H,23,26). The first-order chi connectivity index (χ1) is 13.9. The highest BCUT2D eigenvalue weighted by atomic mass is 16.6. The number of primary amides is 1. The number of nitro benzene ring substituents is 1. The second kappa shape index (κ2) is 9.01. The lowest BCUT2D eigenvalue weighted by atomic mass is 9.96. The van der Waals surface area contributed by atoms with Gasteiger partial charge in [0.2, 0.25) is 11.8 Å². The highest BCUT2D eigenvalue weighted by Gasteiger charge is 2.23. The van der Waals surface area contributed by atoms with Crippen LogP contribution in [-0.4, -0.2) is 29.8 Å². The molecule has 2 amide bonds. The van der Waals surface area contributed by atoms with Crippen molar-refractivity contribution in [1.82, 2.24) is 0 Å². The number of nitrogens with two attached hydrogens (primary N) is 1. The number of hydrogen-bond acceptors (Lipinski definition) is 5. The van der Waals surface area contributed by atoms with E-state index in [1.54, 1.807) is 18.2 Å². The molecule has 2 aromatic carbocycles. The number of anilines is 2. The Morgan fingerprint density at radius 3 is 2.24 bits per heavy atom. The molecule has 0 aliphatic carbocycles. The van der Waals surface area contributed by atoms with E-state index in [2.05, 4.69) is 10.2 Å². The quantitative estimate of drug-likeness (QED) is 0.444. The van der Waals surface area contributed by atoms with E-state index in [0.29, 0.717) is 11.3 Å². The Morgan fingerprint density at radius 2 is 1.69 bits per heavy atom. The van der Waals surface area contributed by atoms with Crippen molar-refractivity contribution in [3.05, 3.63) is 70.3 Å². The van der Waals surface area contributed by atoms with E-state index in [0.717, 1.165) is 31.6 Å². The second-order valence-corrected chi connectivity index (χ2v) is 6.88.